The molecule has 0 radical (unpaired) electrons. The Morgan fingerprint density at radius 2 is 1.92 bits per heavy atom. The van der Waals surface area contributed by atoms with E-state index >= 15 is 0 Å². The topological polar surface area (TPSA) is 83.0 Å². The van der Waals surface area contributed by atoms with Crippen LogP contribution in [0.1, 0.15) is 19.3 Å². The SMILES string of the molecule is CN=C(NCCCOc1ccccc1)NCC1CCN(S(C)(=O)=O)CC1. The molecular formula is C18H30N4O3S. The van der Waals surface area contributed by atoms with Crippen LogP contribution in [0.4, 0.5) is 0 Å². The van der Waals surface area contributed by atoms with Crippen molar-refractivity contribution >= 4 is 16.0 Å². The van der Waals surface area contributed by atoms with Gasteiger partial charge < -0.3 is 15.4 Å². The molecule has 0 aliphatic carbocycles. The summed E-state index contributed by atoms with van der Waals surface area (Å²) < 4.78 is 30.3. The van der Waals surface area contributed by atoms with E-state index in [1.165, 1.54) is 6.26 Å². The van der Waals surface area contributed by atoms with E-state index in [1.807, 2.05) is 30.3 Å². The summed E-state index contributed by atoms with van der Waals surface area (Å²) in [5.74, 6) is 2.12. The van der Waals surface area contributed by atoms with Gasteiger partial charge in [0.15, 0.2) is 5.96 Å². The second-order valence-electron chi connectivity index (χ2n) is 6.50. The van der Waals surface area contributed by atoms with Crippen molar-refractivity contribution in [3.05, 3.63) is 30.3 Å². The van der Waals surface area contributed by atoms with E-state index in [4.69, 9.17) is 4.74 Å². The van der Waals surface area contributed by atoms with Crippen LogP contribution in [0.3, 0.4) is 0 Å². The van der Waals surface area contributed by atoms with Gasteiger partial charge in [0, 0.05) is 33.2 Å². The summed E-state index contributed by atoms with van der Waals surface area (Å²) >= 11 is 0. The maximum Gasteiger partial charge on any atom is 0.211 e. The normalized spacial score (nSPS) is 17.1. The minimum Gasteiger partial charge on any atom is -0.494 e. The maximum absolute atomic E-state index is 11.5. The Labute approximate surface area is 156 Å². The number of nitrogens with zero attached hydrogens (tertiary/aromatic N) is 2. The van der Waals surface area contributed by atoms with Crippen LogP contribution in [0, 0.1) is 5.92 Å². The van der Waals surface area contributed by atoms with Crippen molar-refractivity contribution < 1.29 is 13.2 Å². The number of hydrogen-bond acceptors (Lipinski definition) is 4. The van der Waals surface area contributed by atoms with Gasteiger partial charge in [-0.05, 0) is 37.3 Å². The Balaban J connectivity index is 1.58. The van der Waals surface area contributed by atoms with Crippen LogP contribution in [0.25, 0.3) is 0 Å². The van der Waals surface area contributed by atoms with Crippen LogP contribution in [0.15, 0.2) is 35.3 Å². The molecule has 0 atom stereocenters. The molecule has 1 aromatic rings. The van der Waals surface area contributed by atoms with Gasteiger partial charge in [-0.2, -0.15) is 0 Å². The second-order valence-corrected chi connectivity index (χ2v) is 8.48. The van der Waals surface area contributed by atoms with Crippen molar-refractivity contribution in [1.29, 1.82) is 0 Å². The molecule has 1 saturated heterocycles. The summed E-state index contributed by atoms with van der Waals surface area (Å²) in [4.78, 5) is 4.23. The van der Waals surface area contributed by atoms with Gasteiger partial charge in [0.05, 0.1) is 12.9 Å². The molecule has 2 N–H and O–H groups in total. The highest BCUT2D eigenvalue weighted by Crippen LogP contribution is 2.18. The van der Waals surface area contributed by atoms with E-state index < -0.39 is 10.0 Å². The highest BCUT2D eigenvalue weighted by atomic mass is 32.2. The summed E-state index contributed by atoms with van der Waals surface area (Å²) in [6.07, 6.45) is 3.91. The molecule has 0 amide bonds. The predicted octanol–water partition coefficient (Wildman–Crippen LogP) is 1.29. The number of ether oxygens (including phenoxy) is 1. The van der Waals surface area contributed by atoms with Gasteiger partial charge in [0.1, 0.15) is 5.75 Å². The zero-order valence-corrected chi connectivity index (χ0v) is 16.5. The molecule has 0 saturated carbocycles. The lowest BCUT2D eigenvalue weighted by atomic mass is 9.98. The molecule has 0 bridgehead atoms. The van der Waals surface area contributed by atoms with E-state index in [9.17, 15) is 8.42 Å². The Morgan fingerprint density at radius 3 is 2.54 bits per heavy atom. The van der Waals surface area contributed by atoms with E-state index in [1.54, 1.807) is 11.4 Å². The number of para-hydroxylation sites is 1. The van der Waals surface area contributed by atoms with Crippen LogP contribution in [-0.4, -0.2) is 64.8 Å². The first-order valence-corrected chi connectivity index (χ1v) is 10.9. The molecule has 0 unspecified atom stereocenters. The number of hydrogen-bond donors (Lipinski definition) is 2. The summed E-state index contributed by atoms with van der Waals surface area (Å²) in [6, 6.07) is 9.78. The second kappa shape index (κ2) is 10.4. The van der Waals surface area contributed by atoms with E-state index in [2.05, 4.69) is 15.6 Å². The molecule has 1 aliphatic heterocycles. The number of guanidine groups is 1. The third-order valence-corrected chi connectivity index (χ3v) is 5.75. The maximum atomic E-state index is 11.5. The zero-order valence-electron chi connectivity index (χ0n) is 15.6. The van der Waals surface area contributed by atoms with E-state index in [-0.39, 0.29) is 0 Å². The third-order valence-electron chi connectivity index (χ3n) is 4.45. The van der Waals surface area contributed by atoms with Gasteiger partial charge in [-0.15, -0.1) is 0 Å². The smallest absolute Gasteiger partial charge is 0.211 e. The first-order chi connectivity index (χ1) is 12.5. The number of benzene rings is 1. The number of sulfonamides is 1. The highest BCUT2D eigenvalue weighted by Gasteiger charge is 2.24. The Bertz CT molecular complexity index is 656. The lowest BCUT2D eigenvalue weighted by Crippen LogP contribution is -2.44. The van der Waals surface area contributed by atoms with Crippen molar-refractivity contribution in [3.63, 3.8) is 0 Å². The first-order valence-electron chi connectivity index (χ1n) is 9.06. The highest BCUT2D eigenvalue weighted by molar-refractivity contribution is 7.88. The van der Waals surface area contributed by atoms with Crippen molar-refractivity contribution in [2.75, 3.05) is 46.1 Å². The molecule has 8 heteroatoms. The third kappa shape index (κ3) is 7.21. The van der Waals surface area contributed by atoms with Gasteiger partial charge in [-0.25, -0.2) is 12.7 Å². The first kappa shape index (κ1) is 20.5. The number of piperidine rings is 1. The van der Waals surface area contributed by atoms with Crippen molar-refractivity contribution in [1.82, 2.24) is 14.9 Å². The van der Waals surface area contributed by atoms with E-state index in [0.29, 0.717) is 25.6 Å². The van der Waals surface area contributed by atoms with Gasteiger partial charge in [0.25, 0.3) is 0 Å². The van der Waals surface area contributed by atoms with Gasteiger partial charge in [-0.1, -0.05) is 18.2 Å². The standard InChI is InChI=1S/C18H30N4O3S/c1-19-18(20-11-6-14-25-17-7-4-3-5-8-17)21-15-16-9-12-22(13-10-16)26(2,23)24/h3-5,7-8,16H,6,9-15H2,1-2H3,(H2,19,20,21). The number of aliphatic imine (C=N–C) groups is 1. The molecule has 1 aliphatic rings. The lowest BCUT2D eigenvalue weighted by molar-refractivity contribution is 0.274. The molecule has 7 nitrogen and oxygen atoms in total. The average molecular weight is 383 g/mol. The van der Waals surface area contributed by atoms with Crippen LogP contribution in [-0.2, 0) is 10.0 Å². The van der Waals surface area contributed by atoms with E-state index in [0.717, 1.165) is 44.1 Å². The fourth-order valence-electron chi connectivity index (χ4n) is 2.89. The summed E-state index contributed by atoms with van der Waals surface area (Å²) in [7, 11) is -1.31. The summed E-state index contributed by atoms with van der Waals surface area (Å²) in [5, 5.41) is 6.61. The Hall–Kier alpha value is -1.80. The van der Waals surface area contributed by atoms with Crippen LogP contribution in [0.2, 0.25) is 0 Å². The molecule has 26 heavy (non-hydrogen) atoms. The van der Waals surface area contributed by atoms with Gasteiger partial charge in [0.2, 0.25) is 10.0 Å². The predicted molar refractivity (Wildman–Crippen MR) is 105 cm³/mol. The molecule has 1 aromatic carbocycles. The van der Waals surface area contributed by atoms with Gasteiger partial charge >= 0.3 is 0 Å². The van der Waals surface area contributed by atoms with Crippen molar-refractivity contribution in [2.45, 2.75) is 19.3 Å². The van der Waals surface area contributed by atoms with Crippen molar-refractivity contribution in [3.8, 4) is 5.75 Å². The summed E-state index contributed by atoms with van der Waals surface area (Å²) in [5.41, 5.74) is 0. The van der Waals surface area contributed by atoms with Gasteiger partial charge in [-0.3, -0.25) is 4.99 Å². The number of rotatable bonds is 8. The van der Waals surface area contributed by atoms with Crippen molar-refractivity contribution in [2.24, 2.45) is 10.9 Å². The van der Waals surface area contributed by atoms with Crippen LogP contribution >= 0.6 is 0 Å². The fourth-order valence-corrected chi connectivity index (χ4v) is 3.77. The molecule has 2 rings (SSSR count). The molecular weight excluding hydrogens is 352 g/mol. The van der Waals surface area contributed by atoms with Crippen LogP contribution in [0.5, 0.6) is 5.75 Å². The number of nitrogens with one attached hydrogen (secondary N) is 2. The molecule has 0 spiro atoms. The molecule has 146 valence electrons. The summed E-state index contributed by atoms with van der Waals surface area (Å²) in [6.45, 7) is 3.44. The fraction of sp³-hybridized carbons (Fsp3) is 0.611. The largest absolute Gasteiger partial charge is 0.494 e. The molecule has 0 aromatic heterocycles. The molecule has 1 fully saturated rings. The van der Waals surface area contributed by atoms with Crippen LogP contribution < -0.4 is 15.4 Å². The molecule has 1 heterocycles. The minimum atomic E-state index is -3.06. The Morgan fingerprint density at radius 1 is 1.23 bits per heavy atom. The Kier molecular flexibility index (Phi) is 8.18. The average Bonchev–Trinajstić information content (AvgIpc) is 2.64. The minimum absolute atomic E-state index is 0.466. The zero-order chi connectivity index (χ0) is 18.8. The quantitative estimate of drug-likeness (QED) is 0.402. The monoisotopic (exact) mass is 382 g/mol. The lowest BCUT2D eigenvalue weighted by Gasteiger charge is -2.30.